The predicted octanol–water partition coefficient (Wildman–Crippen LogP) is 0.157. The summed E-state index contributed by atoms with van der Waals surface area (Å²) in [6.45, 7) is 6.84. The fourth-order valence-corrected chi connectivity index (χ4v) is 3.16. The second kappa shape index (κ2) is 6.79. The average Bonchev–Trinajstić information content (AvgIpc) is 2.87. The normalized spacial score (nSPS) is 33.5. The molecule has 3 N–H and O–H groups in total. The number of rotatable bonds is 3. The Labute approximate surface area is 132 Å². The van der Waals surface area contributed by atoms with E-state index in [-0.39, 0.29) is 48.6 Å². The van der Waals surface area contributed by atoms with E-state index >= 15 is 0 Å². The topological polar surface area (TPSA) is 85.0 Å². The number of aliphatic hydroxyl groups excluding tert-OH is 1. The Balaban J connectivity index is 0.00000220. The highest BCUT2D eigenvalue weighted by Gasteiger charge is 2.53. The van der Waals surface area contributed by atoms with Crippen LogP contribution in [0.15, 0.2) is 0 Å². The third-order valence-corrected chi connectivity index (χ3v) is 4.03. The molecular weight excluding hydrogens is 296 g/mol. The number of likely N-dealkylation sites (tertiary alicyclic amines) is 1. The van der Waals surface area contributed by atoms with E-state index in [2.05, 4.69) is 20.8 Å². The first-order valence-corrected chi connectivity index (χ1v) is 7.13. The minimum Gasteiger partial charge on any atom is -0.388 e. The summed E-state index contributed by atoms with van der Waals surface area (Å²) < 4.78 is 10.9. The monoisotopic (exact) mass is 322 g/mol. The molecule has 1 amide bonds. The minimum atomic E-state index is -0.661. The van der Waals surface area contributed by atoms with Gasteiger partial charge in [-0.2, -0.15) is 0 Å². The van der Waals surface area contributed by atoms with Crippen LogP contribution in [0.1, 0.15) is 27.2 Å². The quantitative estimate of drug-likeness (QED) is 0.773. The third kappa shape index (κ3) is 3.87. The van der Waals surface area contributed by atoms with Crippen LogP contribution in [0.2, 0.25) is 0 Å². The van der Waals surface area contributed by atoms with E-state index in [9.17, 15) is 9.90 Å². The Morgan fingerprint density at radius 2 is 2.14 bits per heavy atom. The maximum Gasteiger partial charge on any atom is 0.240 e. The van der Waals surface area contributed by atoms with E-state index in [0.29, 0.717) is 13.0 Å². The van der Waals surface area contributed by atoms with Crippen molar-refractivity contribution in [1.29, 1.82) is 0 Å². The van der Waals surface area contributed by atoms with Crippen molar-refractivity contribution in [2.75, 3.05) is 20.3 Å². The lowest BCUT2D eigenvalue weighted by molar-refractivity contribution is -0.136. The first kappa shape index (κ1) is 18.6. The molecule has 5 atom stereocenters. The second-order valence-corrected chi connectivity index (χ2v) is 6.99. The highest BCUT2D eigenvalue weighted by atomic mass is 35.5. The van der Waals surface area contributed by atoms with Crippen molar-refractivity contribution >= 4 is 18.3 Å². The summed E-state index contributed by atoms with van der Waals surface area (Å²) in [7, 11) is 1.60. The van der Waals surface area contributed by atoms with Crippen molar-refractivity contribution in [1.82, 2.24) is 4.90 Å². The van der Waals surface area contributed by atoms with E-state index in [4.69, 9.17) is 15.2 Å². The molecule has 2 fully saturated rings. The van der Waals surface area contributed by atoms with Gasteiger partial charge in [0.1, 0.15) is 18.3 Å². The molecule has 6 nitrogen and oxygen atoms in total. The summed E-state index contributed by atoms with van der Waals surface area (Å²) in [5.74, 6) is -0.126. The molecule has 1 unspecified atom stereocenters. The van der Waals surface area contributed by atoms with Gasteiger partial charge in [0, 0.05) is 7.11 Å². The molecule has 2 saturated heterocycles. The summed E-state index contributed by atoms with van der Waals surface area (Å²) in [5, 5.41) is 10.0. The number of aliphatic hydroxyl groups is 1. The number of fused-ring (bicyclic) bond motifs is 1. The minimum absolute atomic E-state index is 0. The summed E-state index contributed by atoms with van der Waals surface area (Å²) >= 11 is 0. The zero-order valence-electron chi connectivity index (χ0n) is 13.1. The number of halogens is 1. The molecule has 124 valence electrons. The van der Waals surface area contributed by atoms with Gasteiger partial charge < -0.3 is 25.2 Å². The van der Waals surface area contributed by atoms with Crippen molar-refractivity contribution in [2.45, 2.75) is 57.6 Å². The van der Waals surface area contributed by atoms with Crippen LogP contribution in [-0.2, 0) is 14.3 Å². The Bertz CT molecular complexity index is 374. The number of carbonyl (C=O) groups excluding carboxylic acids is 1. The summed E-state index contributed by atoms with van der Waals surface area (Å²) in [6.07, 6.45) is -0.497. The number of hydrogen-bond donors (Lipinski definition) is 2. The summed E-state index contributed by atoms with van der Waals surface area (Å²) in [6, 6.07) is -0.891. The van der Waals surface area contributed by atoms with Gasteiger partial charge in [-0.3, -0.25) is 4.79 Å². The van der Waals surface area contributed by atoms with Crippen LogP contribution in [0.25, 0.3) is 0 Å². The van der Waals surface area contributed by atoms with Crippen LogP contribution >= 0.6 is 12.4 Å². The van der Waals surface area contributed by atoms with Crippen molar-refractivity contribution in [2.24, 2.45) is 11.1 Å². The molecule has 0 bridgehead atoms. The molecule has 0 radical (unpaired) electrons. The Hall–Kier alpha value is -0.400. The van der Waals surface area contributed by atoms with E-state index in [1.165, 1.54) is 0 Å². The summed E-state index contributed by atoms with van der Waals surface area (Å²) in [5.41, 5.74) is 6.03. The number of nitrogens with zero attached hydrogens (tertiary/aromatic N) is 1. The molecule has 0 spiro atoms. The van der Waals surface area contributed by atoms with Gasteiger partial charge >= 0.3 is 0 Å². The van der Waals surface area contributed by atoms with E-state index in [1.807, 2.05) is 0 Å². The van der Waals surface area contributed by atoms with Gasteiger partial charge in [-0.1, -0.05) is 20.8 Å². The molecule has 2 aliphatic rings. The van der Waals surface area contributed by atoms with Gasteiger partial charge in [-0.25, -0.2) is 0 Å². The number of carbonyl (C=O) groups is 1. The molecule has 2 aliphatic heterocycles. The number of ether oxygens (including phenoxy) is 2. The van der Waals surface area contributed by atoms with Crippen LogP contribution in [0.4, 0.5) is 0 Å². The standard InChI is InChI=1S/C14H26N2O4.ClH/c1-14(2,3)5-8(15)13(18)16-6-10(19-4)12-11(16)9(17)7-20-12;/h8-12,17H,5-7,15H2,1-4H3;1H/t8?,9-,10+,11+,12+;/m0./s1. The third-order valence-electron chi connectivity index (χ3n) is 4.03. The summed E-state index contributed by atoms with van der Waals surface area (Å²) in [4.78, 5) is 14.2. The van der Waals surface area contributed by atoms with Crippen LogP contribution in [-0.4, -0.2) is 66.6 Å². The highest BCUT2D eigenvalue weighted by molar-refractivity contribution is 5.85. The average molecular weight is 323 g/mol. The van der Waals surface area contributed by atoms with Gasteiger partial charge in [0.25, 0.3) is 0 Å². The number of hydrogen-bond acceptors (Lipinski definition) is 5. The van der Waals surface area contributed by atoms with Gasteiger partial charge in [0.05, 0.1) is 25.2 Å². The fraction of sp³-hybridized carbons (Fsp3) is 0.929. The largest absolute Gasteiger partial charge is 0.388 e. The van der Waals surface area contributed by atoms with Crippen molar-refractivity contribution in [3.63, 3.8) is 0 Å². The van der Waals surface area contributed by atoms with Crippen molar-refractivity contribution < 1.29 is 19.4 Å². The Morgan fingerprint density at radius 1 is 1.52 bits per heavy atom. The van der Waals surface area contributed by atoms with Crippen LogP contribution in [0.5, 0.6) is 0 Å². The van der Waals surface area contributed by atoms with Gasteiger partial charge in [0.15, 0.2) is 0 Å². The van der Waals surface area contributed by atoms with Crippen LogP contribution in [0.3, 0.4) is 0 Å². The molecule has 0 saturated carbocycles. The molecule has 7 heteroatoms. The van der Waals surface area contributed by atoms with Crippen molar-refractivity contribution in [3.8, 4) is 0 Å². The van der Waals surface area contributed by atoms with Crippen LogP contribution < -0.4 is 5.73 Å². The zero-order chi connectivity index (χ0) is 15.1. The molecule has 0 aliphatic carbocycles. The molecule has 0 aromatic rings. The first-order valence-electron chi connectivity index (χ1n) is 7.13. The number of nitrogens with two attached hydrogens (primary N) is 1. The van der Waals surface area contributed by atoms with E-state index in [1.54, 1.807) is 12.0 Å². The molecule has 0 aromatic carbocycles. The van der Waals surface area contributed by atoms with Crippen LogP contribution in [0, 0.1) is 5.41 Å². The lowest BCUT2D eigenvalue weighted by atomic mass is 9.88. The smallest absolute Gasteiger partial charge is 0.240 e. The molecule has 0 aromatic heterocycles. The maximum absolute atomic E-state index is 12.6. The Kier molecular flexibility index (Phi) is 6.03. The lowest BCUT2D eigenvalue weighted by Crippen LogP contribution is -2.51. The predicted molar refractivity (Wildman–Crippen MR) is 81.3 cm³/mol. The lowest BCUT2D eigenvalue weighted by Gasteiger charge is -2.30. The first-order chi connectivity index (χ1) is 9.24. The van der Waals surface area contributed by atoms with E-state index < -0.39 is 12.1 Å². The second-order valence-electron chi connectivity index (χ2n) is 6.99. The van der Waals surface area contributed by atoms with Crippen molar-refractivity contribution in [3.05, 3.63) is 0 Å². The number of methoxy groups -OCH3 is 1. The number of amides is 1. The molecule has 2 rings (SSSR count). The Morgan fingerprint density at radius 3 is 2.67 bits per heavy atom. The zero-order valence-corrected chi connectivity index (χ0v) is 13.9. The molecule has 2 heterocycles. The van der Waals surface area contributed by atoms with Gasteiger partial charge in [-0.05, 0) is 11.8 Å². The highest BCUT2D eigenvalue weighted by Crippen LogP contribution is 2.32. The SMILES string of the molecule is CO[C@@H]1CN(C(=O)C(N)CC(C)(C)C)[C@H]2[C@@H]1OC[C@@H]2O.Cl. The fourth-order valence-electron chi connectivity index (χ4n) is 3.16. The molecule has 21 heavy (non-hydrogen) atoms. The van der Waals surface area contributed by atoms with Gasteiger partial charge in [0.2, 0.25) is 5.91 Å². The maximum atomic E-state index is 12.6. The van der Waals surface area contributed by atoms with Gasteiger partial charge in [-0.15, -0.1) is 12.4 Å². The van der Waals surface area contributed by atoms with E-state index in [0.717, 1.165) is 0 Å². The molecular formula is C14H27ClN2O4.